The van der Waals surface area contributed by atoms with Crippen LogP contribution in [0.2, 0.25) is 0 Å². The highest BCUT2D eigenvalue weighted by Crippen LogP contribution is 2.20. The van der Waals surface area contributed by atoms with Crippen molar-refractivity contribution < 1.29 is 0 Å². The van der Waals surface area contributed by atoms with Gasteiger partial charge in [0.15, 0.2) is 0 Å². The van der Waals surface area contributed by atoms with Crippen molar-refractivity contribution in [2.45, 2.75) is 26.4 Å². The van der Waals surface area contributed by atoms with Crippen molar-refractivity contribution in [1.82, 2.24) is 10.3 Å². The Hall–Kier alpha value is -2.19. The van der Waals surface area contributed by atoms with Gasteiger partial charge in [-0.3, -0.25) is 4.98 Å². The van der Waals surface area contributed by atoms with Crippen molar-refractivity contribution >= 4 is 10.8 Å². The lowest BCUT2D eigenvalue weighted by molar-refractivity contribution is 0.574. The van der Waals surface area contributed by atoms with E-state index in [1.54, 1.807) is 0 Å². The molecule has 106 valence electrons. The van der Waals surface area contributed by atoms with Gasteiger partial charge in [0.25, 0.3) is 0 Å². The number of hydrogen-bond donors (Lipinski definition) is 1. The zero-order chi connectivity index (χ0) is 14.7. The number of nitrogens with zero attached hydrogens (tertiary/aromatic N) is 1. The second kappa shape index (κ2) is 6.06. The minimum absolute atomic E-state index is 0.316. The van der Waals surface area contributed by atoms with E-state index < -0.39 is 0 Å². The number of nitrogens with one attached hydrogen (secondary N) is 1. The number of pyridine rings is 1. The Morgan fingerprint density at radius 2 is 1.81 bits per heavy atom. The maximum Gasteiger partial charge on any atom is 0.0372 e. The lowest BCUT2D eigenvalue weighted by Gasteiger charge is -2.15. The highest BCUT2D eigenvalue weighted by molar-refractivity contribution is 5.83. The van der Waals surface area contributed by atoms with E-state index in [-0.39, 0.29) is 0 Å². The highest BCUT2D eigenvalue weighted by Gasteiger charge is 2.05. The summed E-state index contributed by atoms with van der Waals surface area (Å²) in [5, 5.41) is 6.14. The second-order valence-corrected chi connectivity index (χ2v) is 5.52. The molecule has 0 radical (unpaired) electrons. The number of aromatic nitrogens is 1. The zero-order valence-corrected chi connectivity index (χ0v) is 12.5. The van der Waals surface area contributed by atoms with Crippen LogP contribution < -0.4 is 5.32 Å². The molecule has 2 nitrogen and oxygen atoms in total. The summed E-state index contributed by atoms with van der Waals surface area (Å²) in [6.45, 7) is 5.04. The van der Waals surface area contributed by atoms with Crippen LogP contribution in [0, 0.1) is 6.92 Å². The minimum atomic E-state index is 0.316. The molecule has 1 unspecified atom stereocenters. The zero-order valence-electron chi connectivity index (χ0n) is 12.5. The monoisotopic (exact) mass is 276 g/mol. The van der Waals surface area contributed by atoms with E-state index in [2.05, 4.69) is 71.8 Å². The Balaban J connectivity index is 1.71. The summed E-state index contributed by atoms with van der Waals surface area (Å²) in [5.41, 5.74) is 3.59. The third-order valence-corrected chi connectivity index (χ3v) is 3.86. The molecular weight excluding hydrogens is 256 g/mol. The summed E-state index contributed by atoms with van der Waals surface area (Å²) in [7, 11) is 0. The van der Waals surface area contributed by atoms with Gasteiger partial charge in [-0.05, 0) is 47.9 Å². The molecule has 2 heteroatoms. The highest BCUT2D eigenvalue weighted by atomic mass is 14.9. The summed E-state index contributed by atoms with van der Waals surface area (Å²) >= 11 is 0. The van der Waals surface area contributed by atoms with E-state index in [0.29, 0.717) is 6.04 Å². The normalized spacial score (nSPS) is 12.5. The van der Waals surface area contributed by atoms with Crippen LogP contribution >= 0.6 is 0 Å². The summed E-state index contributed by atoms with van der Waals surface area (Å²) in [6, 6.07) is 19.6. The van der Waals surface area contributed by atoms with Gasteiger partial charge in [0.2, 0.25) is 0 Å². The van der Waals surface area contributed by atoms with E-state index in [0.717, 1.165) is 12.2 Å². The van der Waals surface area contributed by atoms with Gasteiger partial charge in [0.05, 0.1) is 0 Å². The average Bonchev–Trinajstić information content (AvgIpc) is 2.53. The Labute approximate surface area is 125 Å². The smallest absolute Gasteiger partial charge is 0.0372 e. The largest absolute Gasteiger partial charge is 0.306 e. The van der Waals surface area contributed by atoms with Crippen LogP contribution in [-0.4, -0.2) is 4.98 Å². The molecule has 0 bridgehead atoms. The number of rotatable bonds is 4. The van der Waals surface area contributed by atoms with E-state index >= 15 is 0 Å². The van der Waals surface area contributed by atoms with E-state index in [9.17, 15) is 0 Å². The first kappa shape index (κ1) is 13.8. The predicted molar refractivity (Wildman–Crippen MR) is 88.2 cm³/mol. The molecule has 0 fully saturated rings. The van der Waals surface area contributed by atoms with Crippen molar-refractivity contribution in [3.8, 4) is 0 Å². The summed E-state index contributed by atoms with van der Waals surface area (Å²) in [4.78, 5) is 4.33. The maximum atomic E-state index is 4.33. The van der Waals surface area contributed by atoms with Crippen molar-refractivity contribution in [2.75, 3.05) is 0 Å². The van der Waals surface area contributed by atoms with E-state index in [1.165, 1.54) is 21.9 Å². The number of fused-ring (bicyclic) bond motifs is 1. The summed E-state index contributed by atoms with van der Waals surface area (Å²) < 4.78 is 0. The molecule has 0 spiro atoms. The molecule has 0 amide bonds. The van der Waals surface area contributed by atoms with Gasteiger partial charge in [-0.1, -0.05) is 42.5 Å². The van der Waals surface area contributed by atoms with Crippen LogP contribution in [-0.2, 0) is 6.54 Å². The molecule has 1 N–H and O–H groups in total. The fourth-order valence-corrected chi connectivity index (χ4v) is 2.47. The quantitative estimate of drug-likeness (QED) is 0.764. The molecule has 3 aromatic rings. The molecule has 21 heavy (non-hydrogen) atoms. The van der Waals surface area contributed by atoms with Crippen molar-refractivity contribution in [1.29, 1.82) is 0 Å². The lowest BCUT2D eigenvalue weighted by Crippen LogP contribution is -2.18. The molecule has 3 rings (SSSR count). The average molecular weight is 276 g/mol. The number of hydrogen-bond acceptors (Lipinski definition) is 2. The first-order chi connectivity index (χ1) is 10.2. The molecule has 1 aromatic heterocycles. The molecule has 0 aliphatic rings. The summed E-state index contributed by atoms with van der Waals surface area (Å²) in [5.74, 6) is 0. The molecule has 0 saturated heterocycles. The molecule has 0 aliphatic carbocycles. The molecular formula is C19H20N2. The van der Waals surface area contributed by atoms with Crippen LogP contribution in [0.5, 0.6) is 0 Å². The van der Waals surface area contributed by atoms with Gasteiger partial charge in [0.1, 0.15) is 0 Å². The van der Waals surface area contributed by atoms with Crippen LogP contribution in [0.25, 0.3) is 10.8 Å². The predicted octanol–water partition coefficient (Wildman–Crippen LogP) is 4.39. The molecule has 1 atom stereocenters. The molecule has 0 aliphatic heterocycles. The fourth-order valence-electron chi connectivity index (χ4n) is 2.47. The van der Waals surface area contributed by atoms with Crippen LogP contribution in [0.3, 0.4) is 0 Å². The van der Waals surface area contributed by atoms with Crippen LogP contribution in [0.1, 0.15) is 29.8 Å². The van der Waals surface area contributed by atoms with Gasteiger partial charge in [-0.15, -0.1) is 0 Å². The Morgan fingerprint density at radius 1 is 1.00 bits per heavy atom. The SMILES string of the molecule is Cc1ccc(CNC(C)c2ccc3ccccc3c2)cn1. The van der Waals surface area contributed by atoms with Gasteiger partial charge in [-0.2, -0.15) is 0 Å². The van der Waals surface area contributed by atoms with Crippen molar-refractivity contribution in [3.63, 3.8) is 0 Å². The van der Waals surface area contributed by atoms with Crippen LogP contribution in [0.15, 0.2) is 60.8 Å². The van der Waals surface area contributed by atoms with Gasteiger partial charge in [-0.25, -0.2) is 0 Å². The van der Waals surface area contributed by atoms with Gasteiger partial charge in [0, 0.05) is 24.5 Å². The first-order valence-corrected chi connectivity index (χ1v) is 7.36. The Morgan fingerprint density at radius 3 is 2.57 bits per heavy atom. The van der Waals surface area contributed by atoms with Gasteiger partial charge >= 0.3 is 0 Å². The minimum Gasteiger partial charge on any atom is -0.306 e. The number of benzene rings is 2. The Bertz CT molecular complexity index is 732. The van der Waals surface area contributed by atoms with Crippen molar-refractivity contribution in [3.05, 3.63) is 77.6 Å². The van der Waals surface area contributed by atoms with Crippen LogP contribution in [0.4, 0.5) is 0 Å². The molecule has 2 aromatic carbocycles. The maximum absolute atomic E-state index is 4.33. The van der Waals surface area contributed by atoms with Gasteiger partial charge < -0.3 is 5.32 Å². The first-order valence-electron chi connectivity index (χ1n) is 7.36. The molecule has 0 saturated carbocycles. The third-order valence-electron chi connectivity index (χ3n) is 3.86. The lowest BCUT2D eigenvalue weighted by atomic mass is 10.0. The standard InChI is InChI=1S/C19H20N2/c1-14-7-8-16(12-20-14)13-21-15(2)18-10-9-17-5-3-4-6-19(17)11-18/h3-12,15,21H,13H2,1-2H3. The summed E-state index contributed by atoms with van der Waals surface area (Å²) in [6.07, 6.45) is 1.94. The third kappa shape index (κ3) is 3.29. The van der Waals surface area contributed by atoms with E-state index in [1.807, 2.05) is 13.1 Å². The fraction of sp³-hybridized carbons (Fsp3) is 0.211. The topological polar surface area (TPSA) is 24.9 Å². The second-order valence-electron chi connectivity index (χ2n) is 5.52. The number of aryl methyl sites for hydroxylation is 1. The molecule has 1 heterocycles. The van der Waals surface area contributed by atoms with Crippen molar-refractivity contribution in [2.24, 2.45) is 0 Å². The Kier molecular flexibility index (Phi) is 3.98. The van der Waals surface area contributed by atoms with E-state index in [4.69, 9.17) is 0 Å².